The molecule has 0 fully saturated rings. The molecule has 162 valence electrons. The zero-order chi connectivity index (χ0) is 22.4. The molecule has 0 aliphatic rings. The van der Waals surface area contributed by atoms with E-state index in [0.717, 1.165) is 5.56 Å². The molecule has 0 radical (unpaired) electrons. The van der Waals surface area contributed by atoms with E-state index >= 15 is 0 Å². The molecule has 1 aromatic heterocycles. The molecule has 9 heteroatoms. The fourth-order valence-electron chi connectivity index (χ4n) is 2.83. The van der Waals surface area contributed by atoms with E-state index in [1.807, 2.05) is 10.6 Å². The molecule has 0 saturated carbocycles. The van der Waals surface area contributed by atoms with Crippen molar-refractivity contribution >= 4 is 35.0 Å². The molecule has 0 bridgehead atoms. The van der Waals surface area contributed by atoms with Crippen molar-refractivity contribution in [2.45, 2.75) is 31.7 Å². The summed E-state index contributed by atoms with van der Waals surface area (Å²) >= 11 is 13.8. The molecule has 6 nitrogen and oxygen atoms in total. The standard InChI is InChI=1S/C22H22Cl2N4O2S/c1-14(2)11-28-21(19-8-5-16(23)9-20(19)24)26-27-22(28)31-13-17(29)12-30-18-6-3-15(10-25)4-7-18/h3-9,14,17,29H,11-13H2,1-2H3. The van der Waals surface area contributed by atoms with Gasteiger partial charge in [-0.3, -0.25) is 0 Å². The number of nitrogens with zero attached hydrogens (tertiary/aromatic N) is 4. The Balaban J connectivity index is 1.67. The molecule has 1 unspecified atom stereocenters. The van der Waals surface area contributed by atoms with Crippen molar-refractivity contribution in [1.82, 2.24) is 14.8 Å². The van der Waals surface area contributed by atoms with E-state index in [1.165, 1.54) is 11.8 Å². The summed E-state index contributed by atoms with van der Waals surface area (Å²) in [6.45, 7) is 5.07. The number of nitriles is 1. The van der Waals surface area contributed by atoms with Gasteiger partial charge in [0.2, 0.25) is 0 Å². The molecule has 0 aliphatic heterocycles. The topological polar surface area (TPSA) is 84.0 Å². The quantitative estimate of drug-likeness (QED) is 0.421. The molecule has 0 spiro atoms. The maximum atomic E-state index is 10.4. The first-order valence-electron chi connectivity index (χ1n) is 9.69. The molecule has 1 N–H and O–H groups in total. The molecule has 3 aromatic rings. The number of halogens is 2. The van der Waals surface area contributed by atoms with Crippen LogP contribution in [0.5, 0.6) is 5.75 Å². The minimum absolute atomic E-state index is 0.132. The Labute approximate surface area is 195 Å². The lowest BCUT2D eigenvalue weighted by Crippen LogP contribution is -2.20. The van der Waals surface area contributed by atoms with E-state index < -0.39 is 6.10 Å². The number of thioether (sulfide) groups is 1. The Morgan fingerprint density at radius 2 is 1.90 bits per heavy atom. The zero-order valence-corrected chi connectivity index (χ0v) is 19.5. The number of aromatic nitrogens is 3. The van der Waals surface area contributed by atoms with Gasteiger partial charge in [-0.2, -0.15) is 5.26 Å². The third kappa shape index (κ3) is 6.37. The highest BCUT2D eigenvalue weighted by molar-refractivity contribution is 7.99. The lowest BCUT2D eigenvalue weighted by atomic mass is 10.2. The van der Waals surface area contributed by atoms with Crippen molar-refractivity contribution in [3.05, 3.63) is 58.1 Å². The summed E-state index contributed by atoms with van der Waals surface area (Å²) in [4.78, 5) is 0. The van der Waals surface area contributed by atoms with Gasteiger partial charge < -0.3 is 14.4 Å². The predicted molar refractivity (Wildman–Crippen MR) is 124 cm³/mol. The lowest BCUT2D eigenvalue weighted by molar-refractivity contribution is 0.126. The molecule has 31 heavy (non-hydrogen) atoms. The highest BCUT2D eigenvalue weighted by Crippen LogP contribution is 2.32. The van der Waals surface area contributed by atoms with Crippen LogP contribution in [0, 0.1) is 17.2 Å². The van der Waals surface area contributed by atoms with Crippen LogP contribution in [-0.2, 0) is 6.54 Å². The Kier molecular flexibility index (Phi) is 8.22. The lowest BCUT2D eigenvalue weighted by Gasteiger charge is -2.15. The van der Waals surface area contributed by atoms with Gasteiger partial charge in [0.05, 0.1) is 22.8 Å². The van der Waals surface area contributed by atoms with Crippen LogP contribution in [0.1, 0.15) is 19.4 Å². The fraction of sp³-hybridized carbons (Fsp3) is 0.318. The van der Waals surface area contributed by atoms with Gasteiger partial charge in [0, 0.05) is 22.9 Å². The van der Waals surface area contributed by atoms with Crippen LogP contribution in [0.25, 0.3) is 11.4 Å². The highest BCUT2D eigenvalue weighted by Gasteiger charge is 2.19. The number of ether oxygens (including phenoxy) is 1. The van der Waals surface area contributed by atoms with E-state index in [-0.39, 0.29) is 6.61 Å². The minimum atomic E-state index is -0.701. The van der Waals surface area contributed by atoms with Gasteiger partial charge in [0.25, 0.3) is 0 Å². The zero-order valence-electron chi connectivity index (χ0n) is 17.1. The molecule has 0 amide bonds. The smallest absolute Gasteiger partial charge is 0.191 e. The molecule has 0 saturated heterocycles. The SMILES string of the molecule is CC(C)Cn1c(SCC(O)COc2ccc(C#N)cc2)nnc1-c1ccc(Cl)cc1Cl. The summed E-state index contributed by atoms with van der Waals surface area (Å²) in [5.74, 6) is 2.03. The van der Waals surface area contributed by atoms with E-state index in [0.29, 0.717) is 50.6 Å². The molecule has 3 rings (SSSR count). The summed E-state index contributed by atoms with van der Waals surface area (Å²) in [6.07, 6.45) is -0.701. The monoisotopic (exact) mass is 476 g/mol. The molecular weight excluding hydrogens is 455 g/mol. The maximum Gasteiger partial charge on any atom is 0.191 e. The van der Waals surface area contributed by atoms with Gasteiger partial charge >= 0.3 is 0 Å². The number of aliphatic hydroxyl groups excluding tert-OH is 1. The molecule has 1 atom stereocenters. The second-order valence-electron chi connectivity index (χ2n) is 7.35. The number of hydrogen-bond acceptors (Lipinski definition) is 6. The van der Waals surface area contributed by atoms with E-state index in [9.17, 15) is 5.11 Å². The van der Waals surface area contributed by atoms with Crippen molar-refractivity contribution in [3.8, 4) is 23.2 Å². The van der Waals surface area contributed by atoms with Crippen molar-refractivity contribution in [2.24, 2.45) is 5.92 Å². The van der Waals surface area contributed by atoms with E-state index in [4.69, 9.17) is 33.2 Å². The van der Waals surface area contributed by atoms with E-state index in [2.05, 4.69) is 30.1 Å². The third-order valence-electron chi connectivity index (χ3n) is 4.27. The molecule has 0 aliphatic carbocycles. The normalized spacial score (nSPS) is 12.0. The van der Waals surface area contributed by atoms with Crippen LogP contribution in [0.3, 0.4) is 0 Å². The van der Waals surface area contributed by atoms with Gasteiger partial charge in [-0.25, -0.2) is 0 Å². The fourth-order valence-corrected chi connectivity index (χ4v) is 4.18. The Hall–Kier alpha value is -2.24. The summed E-state index contributed by atoms with van der Waals surface area (Å²) in [7, 11) is 0. The molecule has 1 heterocycles. The summed E-state index contributed by atoms with van der Waals surface area (Å²) in [5, 5.41) is 29.6. The van der Waals surface area contributed by atoms with Gasteiger partial charge in [-0.1, -0.05) is 48.8 Å². The number of aliphatic hydroxyl groups is 1. The Bertz CT molecular complexity index is 1060. The van der Waals surface area contributed by atoms with Crippen molar-refractivity contribution in [2.75, 3.05) is 12.4 Å². The van der Waals surface area contributed by atoms with Crippen LogP contribution < -0.4 is 4.74 Å². The Morgan fingerprint density at radius 1 is 1.16 bits per heavy atom. The first-order valence-corrected chi connectivity index (χ1v) is 11.4. The van der Waals surface area contributed by atoms with Gasteiger partial charge in [0.1, 0.15) is 12.4 Å². The van der Waals surface area contributed by atoms with Gasteiger partial charge in [0.15, 0.2) is 11.0 Å². The average molecular weight is 477 g/mol. The number of benzene rings is 2. The molecule has 2 aromatic carbocycles. The summed E-state index contributed by atoms with van der Waals surface area (Å²) in [5.41, 5.74) is 1.32. The highest BCUT2D eigenvalue weighted by atomic mass is 35.5. The number of hydrogen-bond donors (Lipinski definition) is 1. The minimum Gasteiger partial charge on any atom is -0.491 e. The van der Waals surface area contributed by atoms with Crippen LogP contribution >= 0.6 is 35.0 Å². The van der Waals surface area contributed by atoms with Gasteiger partial charge in [-0.05, 0) is 48.4 Å². The number of rotatable bonds is 9. The van der Waals surface area contributed by atoms with Crippen molar-refractivity contribution < 1.29 is 9.84 Å². The van der Waals surface area contributed by atoms with Crippen molar-refractivity contribution in [1.29, 1.82) is 5.26 Å². The van der Waals surface area contributed by atoms with Crippen LogP contribution in [0.15, 0.2) is 47.6 Å². The second-order valence-corrected chi connectivity index (χ2v) is 9.18. The first kappa shape index (κ1) is 23.4. The Morgan fingerprint density at radius 3 is 2.55 bits per heavy atom. The summed E-state index contributed by atoms with van der Waals surface area (Å²) < 4.78 is 7.62. The average Bonchev–Trinajstić information content (AvgIpc) is 3.12. The predicted octanol–water partition coefficient (Wildman–Crippen LogP) is 5.31. The van der Waals surface area contributed by atoms with Crippen LogP contribution in [-0.4, -0.2) is 38.3 Å². The second kappa shape index (κ2) is 10.9. The van der Waals surface area contributed by atoms with Crippen molar-refractivity contribution in [3.63, 3.8) is 0 Å². The molecular formula is C22H22Cl2N4O2S. The van der Waals surface area contributed by atoms with Gasteiger partial charge in [-0.15, -0.1) is 10.2 Å². The summed E-state index contributed by atoms with van der Waals surface area (Å²) in [6, 6.07) is 14.1. The first-order chi connectivity index (χ1) is 14.9. The third-order valence-corrected chi connectivity index (χ3v) is 5.93. The van der Waals surface area contributed by atoms with E-state index in [1.54, 1.807) is 36.4 Å². The largest absolute Gasteiger partial charge is 0.491 e. The van der Waals surface area contributed by atoms with Crippen LogP contribution in [0.4, 0.5) is 0 Å². The maximum absolute atomic E-state index is 10.4. The van der Waals surface area contributed by atoms with Crippen LogP contribution in [0.2, 0.25) is 10.0 Å².